The molecule has 0 saturated heterocycles. The average molecular weight is 318 g/mol. The Bertz CT molecular complexity index is 957. The zero-order valence-electron chi connectivity index (χ0n) is 13.9. The second kappa shape index (κ2) is 4.50. The van der Waals surface area contributed by atoms with Gasteiger partial charge in [-0.15, -0.1) is 0 Å². The van der Waals surface area contributed by atoms with Crippen LogP contribution in [-0.4, -0.2) is 20.6 Å². The van der Waals surface area contributed by atoms with Crippen LogP contribution in [0.1, 0.15) is 31.4 Å². The molecule has 4 nitrogen and oxygen atoms in total. The summed E-state index contributed by atoms with van der Waals surface area (Å²) in [5.41, 5.74) is 3.10. The smallest absolute Gasteiger partial charge is 0.158 e. The average Bonchev–Trinajstić information content (AvgIpc) is 3.23. The van der Waals surface area contributed by atoms with Gasteiger partial charge in [-0.1, -0.05) is 12.1 Å². The van der Waals surface area contributed by atoms with Crippen LogP contribution in [0.4, 0.5) is 5.82 Å². The Kier molecular flexibility index (Phi) is 2.48. The van der Waals surface area contributed by atoms with Crippen LogP contribution in [0.2, 0.25) is 0 Å². The summed E-state index contributed by atoms with van der Waals surface area (Å²) in [7, 11) is 0. The molecule has 3 fully saturated rings. The van der Waals surface area contributed by atoms with E-state index in [0.29, 0.717) is 6.04 Å². The molecule has 4 heteroatoms. The number of hydrogen-bond donors (Lipinski definition) is 1. The lowest BCUT2D eigenvalue weighted by Gasteiger charge is -2.48. The molecule has 3 aromatic rings. The quantitative estimate of drug-likeness (QED) is 0.775. The fraction of sp³-hybridized carbons (Fsp3) is 0.500. The third-order valence-electron chi connectivity index (χ3n) is 6.90. The van der Waals surface area contributed by atoms with Crippen molar-refractivity contribution in [2.75, 3.05) is 5.32 Å². The Morgan fingerprint density at radius 3 is 2.92 bits per heavy atom. The molecule has 122 valence electrons. The highest BCUT2D eigenvalue weighted by molar-refractivity contribution is 5.91. The summed E-state index contributed by atoms with van der Waals surface area (Å²) in [6.07, 6.45) is 5.77. The first-order valence-corrected chi connectivity index (χ1v) is 9.29. The van der Waals surface area contributed by atoms with E-state index in [1.54, 1.807) is 0 Å². The van der Waals surface area contributed by atoms with Crippen LogP contribution in [0, 0.1) is 30.6 Å². The molecule has 0 spiro atoms. The van der Waals surface area contributed by atoms with Crippen molar-refractivity contribution in [2.24, 2.45) is 23.7 Å². The van der Waals surface area contributed by atoms with Gasteiger partial charge in [0.15, 0.2) is 5.65 Å². The molecule has 0 amide bonds. The molecule has 2 heterocycles. The third-order valence-corrected chi connectivity index (χ3v) is 6.90. The summed E-state index contributed by atoms with van der Waals surface area (Å²) in [5.74, 6) is 4.94. The van der Waals surface area contributed by atoms with E-state index in [9.17, 15) is 0 Å². The molecule has 5 unspecified atom stereocenters. The maximum absolute atomic E-state index is 4.91. The van der Waals surface area contributed by atoms with Crippen LogP contribution in [0.15, 0.2) is 30.3 Å². The molecule has 24 heavy (non-hydrogen) atoms. The highest BCUT2D eigenvalue weighted by Crippen LogP contribution is 2.61. The van der Waals surface area contributed by atoms with Gasteiger partial charge in [0.2, 0.25) is 0 Å². The topological polar surface area (TPSA) is 42.2 Å². The van der Waals surface area contributed by atoms with Crippen molar-refractivity contribution in [2.45, 2.75) is 38.6 Å². The molecule has 5 atom stereocenters. The summed E-state index contributed by atoms with van der Waals surface area (Å²) >= 11 is 0. The van der Waals surface area contributed by atoms with Crippen molar-refractivity contribution in [3.8, 4) is 0 Å². The molecule has 0 radical (unpaired) electrons. The number of anilines is 1. The molecule has 3 aliphatic carbocycles. The van der Waals surface area contributed by atoms with Gasteiger partial charge in [0.1, 0.15) is 5.82 Å². The van der Waals surface area contributed by atoms with Crippen LogP contribution >= 0.6 is 0 Å². The summed E-state index contributed by atoms with van der Waals surface area (Å²) in [4.78, 5) is 4.91. The Balaban J connectivity index is 1.43. The summed E-state index contributed by atoms with van der Waals surface area (Å²) in [6.45, 7) is 2.03. The minimum Gasteiger partial charge on any atom is -0.366 e. The molecule has 3 aliphatic rings. The van der Waals surface area contributed by atoms with E-state index < -0.39 is 0 Å². The monoisotopic (exact) mass is 318 g/mol. The van der Waals surface area contributed by atoms with Crippen molar-refractivity contribution in [3.05, 3.63) is 36.0 Å². The van der Waals surface area contributed by atoms with Gasteiger partial charge in [-0.05, 0) is 68.4 Å². The Morgan fingerprint density at radius 2 is 2.00 bits per heavy atom. The number of rotatable bonds is 2. The summed E-state index contributed by atoms with van der Waals surface area (Å²) < 4.78 is 1.97. The second-order valence-electron chi connectivity index (χ2n) is 8.09. The van der Waals surface area contributed by atoms with E-state index in [2.05, 4.69) is 40.7 Å². The second-order valence-corrected chi connectivity index (χ2v) is 8.09. The SMILES string of the molecule is Cc1cc2nc(NC3CC4C5CCC(C5)C34)c3ccccc3n2n1. The van der Waals surface area contributed by atoms with Crippen LogP contribution in [0.3, 0.4) is 0 Å². The van der Waals surface area contributed by atoms with Gasteiger partial charge >= 0.3 is 0 Å². The third kappa shape index (κ3) is 1.64. The van der Waals surface area contributed by atoms with Crippen molar-refractivity contribution in [1.29, 1.82) is 0 Å². The van der Waals surface area contributed by atoms with Crippen LogP contribution < -0.4 is 5.32 Å². The molecular formula is C20H22N4. The van der Waals surface area contributed by atoms with Crippen LogP contribution in [0.25, 0.3) is 16.6 Å². The van der Waals surface area contributed by atoms with E-state index in [0.717, 1.165) is 46.3 Å². The van der Waals surface area contributed by atoms with Crippen molar-refractivity contribution in [1.82, 2.24) is 14.6 Å². The van der Waals surface area contributed by atoms with Gasteiger partial charge in [-0.25, -0.2) is 9.50 Å². The number of para-hydroxylation sites is 1. The number of nitrogens with zero attached hydrogens (tertiary/aromatic N) is 3. The highest BCUT2D eigenvalue weighted by atomic mass is 15.3. The van der Waals surface area contributed by atoms with E-state index in [-0.39, 0.29) is 0 Å². The Hall–Kier alpha value is -2.10. The molecule has 2 aromatic heterocycles. The zero-order chi connectivity index (χ0) is 15.8. The van der Waals surface area contributed by atoms with Gasteiger partial charge in [-0.3, -0.25) is 0 Å². The van der Waals surface area contributed by atoms with Gasteiger partial charge in [0.25, 0.3) is 0 Å². The fourth-order valence-corrected chi connectivity index (χ4v) is 5.90. The van der Waals surface area contributed by atoms with E-state index in [1.807, 2.05) is 11.4 Å². The molecule has 0 aliphatic heterocycles. The zero-order valence-corrected chi connectivity index (χ0v) is 13.9. The minimum absolute atomic E-state index is 0.618. The highest BCUT2D eigenvalue weighted by Gasteiger charge is 2.57. The van der Waals surface area contributed by atoms with E-state index in [4.69, 9.17) is 4.98 Å². The van der Waals surface area contributed by atoms with Crippen molar-refractivity contribution >= 4 is 22.4 Å². The number of aromatic nitrogens is 3. The fourth-order valence-electron chi connectivity index (χ4n) is 5.90. The first-order valence-electron chi connectivity index (χ1n) is 9.29. The predicted molar refractivity (Wildman–Crippen MR) is 95.1 cm³/mol. The van der Waals surface area contributed by atoms with Gasteiger partial charge in [-0.2, -0.15) is 5.10 Å². The Labute approximate surface area is 141 Å². The number of fused-ring (bicyclic) bond motifs is 8. The first-order chi connectivity index (χ1) is 11.8. The summed E-state index contributed by atoms with van der Waals surface area (Å²) in [6, 6.07) is 11.2. The van der Waals surface area contributed by atoms with Crippen molar-refractivity contribution in [3.63, 3.8) is 0 Å². The maximum Gasteiger partial charge on any atom is 0.158 e. The van der Waals surface area contributed by atoms with Gasteiger partial charge < -0.3 is 5.32 Å². The molecule has 1 aromatic carbocycles. The van der Waals surface area contributed by atoms with Crippen LogP contribution in [-0.2, 0) is 0 Å². The van der Waals surface area contributed by atoms with E-state index >= 15 is 0 Å². The number of benzene rings is 1. The first kappa shape index (κ1) is 13.2. The number of aryl methyl sites for hydroxylation is 1. The largest absolute Gasteiger partial charge is 0.366 e. The molecule has 3 saturated carbocycles. The minimum atomic E-state index is 0.618. The molecule has 2 bridgehead atoms. The van der Waals surface area contributed by atoms with Gasteiger partial charge in [0, 0.05) is 17.5 Å². The lowest BCUT2D eigenvalue weighted by molar-refractivity contribution is 0.0831. The summed E-state index contributed by atoms with van der Waals surface area (Å²) in [5, 5.41) is 9.61. The maximum atomic E-state index is 4.91. The standard InChI is InChI=1S/C20H22N4/c1-11-8-18-22-20(14-4-2-3-5-17(14)24(18)23-11)21-16-10-15-12-6-7-13(9-12)19(15)16/h2-5,8,12-13,15-16,19H,6-7,9-10H2,1H3,(H,21,22). The number of hydrogen-bond acceptors (Lipinski definition) is 3. The van der Waals surface area contributed by atoms with Crippen LogP contribution in [0.5, 0.6) is 0 Å². The van der Waals surface area contributed by atoms with E-state index in [1.165, 1.54) is 31.1 Å². The predicted octanol–water partition coefficient (Wildman–Crippen LogP) is 4.04. The molecule has 6 rings (SSSR count). The van der Waals surface area contributed by atoms with Crippen molar-refractivity contribution < 1.29 is 0 Å². The Morgan fingerprint density at radius 1 is 1.12 bits per heavy atom. The van der Waals surface area contributed by atoms with Gasteiger partial charge in [0.05, 0.1) is 11.2 Å². The number of nitrogens with one attached hydrogen (secondary N) is 1. The molecular weight excluding hydrogens is 296 g/mol. The normalized spacial score (nSPS) is 33.8. The lowest BCUT2D eigenvalue weighted by Crippen LogP contribution is -2.49. The molecule has 1 N–H and O–H groups in total. The lowest BCUT2D eigenvalue weighted by atomic mass is 9.62.